The van der Waals surface area contributed by atoms with E-state index >= 15 is 0 Å². The summed E-state index contributed by atoms with van der Waals surface area (Å²) in [5.74, 6) is 0.647. The van der Waals surface area contributed by atoms with Crippen molar-refractivity contribution in [2.24, 2.45) is 0 Å². The first kappa shape index (κ1) is 13.9. The number of ether oxygens (including phenoxy) is 1. The minimum absolute atomic E-state index is 0.324. The highest BCUT2D eigenvalue weighted by Crippen LogP contribution is 2.03. The van der Waals surface area contributed by atoms with Crippen LogP contribution in [-0.4, -0.2) is 71.3 Å². The molecular weight excluding hydrogens is 228 g/mol. The summed E-state index contributed by atoms with van der Waals surface area (Å²) in [5.41, 5.74) is 0. The molecule has 0 aliphatic carbocycles. The van der Waals surface area contributed by atoms with Crippen LogP contribution in [0.2, 0.25) is 0 Å². The molecule has 0 aromatic rings. The van der Waals surface area contributed by atoms with Gasteiger partial charge in [0.2, 0.25) is 0 Å². The number of rotatable bonds is 7. The van der Waals surface area contributed by atoms with E-state index in [1.165, 1.54) is 0 Å². The van der Waals surface area contributed by atoms with Crippen molar-refractivity contribution >= 4 is 9.84 Å². The van der Waals surface area contributed by atoms with Gasteiger partial charge in [-0.1, -0.05) is 0 Å². The van der Waals surface area contributed by atoms with E-state index in [2.05, 4.69) is 10.2 Å². The Labute approximate surface area is 98.1 Å². The Hall–Kier alpha value is -0.170. The summed E-state index contributed by atoms with van der Waals surface area (Å²) in [5, 5.41) is 3.27. The first-order chi connectivity index (χ1) is 7.64. The summed E-state index contributed by atoms with van der Waals surface area (Å²) in [6.45, 7) is 4.95. The van der Waals surface area contributed by atoms with Crippen molar-refractivity contribution < 1.29 is 13.2 Å². The highest BCUT2D eigenvalue weighted by molar-refractivity contribution is 7.91. The van der Waals surface area contributed by atoms with Crippen LogP contribution >= 0.6 is 0 Å². The van der Waals surface area contributed by atoms with E-state index in [0.29, 0.717) is 24.6 Å². The summed E-state index contributed by atoms with van der Waals surface area (Å²) in [7, 11) is -1.04. The van der Waals surface area contributed by atoms with Gasteiger partial charge in [0, 0.05) is 26.7 Å². The molecule has 5 nitrogen and oxygen atoms in total. The Kier molecular flexibility index (Phi) is 6.26. The Morgan fingerprint density at radius 2 is 1.94 bits per heavy atom. The minimum Gasteiger partial charge on any atom is -0.383 e. The smallest absolute Gasteiger partial charge is 0.152 e. The predicted octanol–water partition coefficient (Wildman–Crippen LogP) is -0.657. The minimum atomic E-state index is -2.73. The van der Waals surface area contributed by atoms with Crippen molar-refractivity contribution in [1.29, 1.82) is 0 Å². The first-order valence-corrected chi connectivity index (χ1v) is 7.58. The number of sulfone groups is 1. The zero-order valence-electron chi connectivity index (χ0n) is 9.94. The highest BCUT2D eigenvalue weighted by atomic mass is 32.2. The molecule has 0 radical (unpaired) electrons. The lowest BCUT2D eigenvalue weighted by molar-refractivity contribution is 0.198. The van der Waals surface area contributed by atoms with Gasteiger partial charge in [-0.3, -0.25) is 0 Å². The molecule has 0 unspecified atom stereocenters. The molecule has 1 heterocycles. The average molecular weight is 250 g/mol. The molecule has 0 atom stereocenters. The van der Waals surface area contributed by atoms with Crippen molar-refractivity contribution in [1.82, 2.24) is 10.2 Å². The summed E-state index contributed by atoms with van der Waals surface area (Å²) < 4.78 is 27.3. The Bertz CT molecular complexity index is 266. The van der Waals surface area contributed by atoms with Crippen LogP contribution in [0.5, 0.6) is 0 Å². The standard InChI is InChI=1S/C10H22N2O3S/c1-15-8-4-11-3-2-5-12-6-9-16(13,14)10-7-12/h11H,2-10H2,1H3. The lowest BCUT2D eigenvalue weighted by Gasteiger charge is -2.26. The lowest BCUT2D eigenvalue weighted by Crippen LogP contribution is -2.41. The molecule has 6 heteroatoms. The van der Waals surface area contributed by atoms with Crippen LogP contribution in [0.4, 0.5) is 0 Å². The second-order valence-electron chi connectivity index (χ2n) is 4.09. The van der Waals surface area contributed by atoms with E-state index < -0.39 is 9.84 Å². The van der Waals surface area contributed by atoms with E-state index in [9.17, 15) is 8.42 Å². The number of hydrogen-bond acceptors (Lipinski definition) is 5. The molecular formula is C10H22N2O3S. The van der Waals surface area contributed by atoms with Gasteiger partial charge in [0.25, 0.3) is 0 Å². The van der Waals surface area contributed by atoms with E-state index in [4.69, 9.17) is 4.74 Å². The molecule has 1 N–H and O–H groups in total. The van der Waals surface area contributed by atoms with Gasteiger partial charge < -0.3 is 15.0 Å². The molecule has 1 saturated heterocycles. The van der Waals surface area contributed by atoms with Crippen molar-refractivity contribution in [3.8, 4) is 0 Å². The first-order valence-electron chi connectivity index (χ1n) is 5.76. The van der Waals surface area contributed by atoms with Gasteiger partial charge in [-0.25, -0.2) is 8.42 Å². The molecule has 1 aliphatic rings. The van der Waals surface area contributed by atoms with Gasteiger partial charge in [-0.15, -0.1) is 0 Å². The summed E-state index contributed by atoms with van der Waals surface area (Å²) >= 11 is 0. The topological polar surface area (TPSA) is 58.6 Å². The van der Waals surface area contributed by atoms with Gasteiger partial charge in [-0.2, -0.15) is 0 Å². The molecule has 0 spiro atoms. The lowest BCUT2D eigenvalue weighted by atomic mass is 10.3. The molecule has 0 amide bonds. The van der Waals surface area contributed by atoms with Crippen molar-refractivity contribution in [3.05, 3.63) is 0 Å². The van der Waals surface area contributed by atoms with E-state index in [1.807, 2.05) is 0 Å². The molecule has 96 valence electrons. The maximum atomic E-state index is 11.2. The third-order valence-electron chi connectivity index (χ3n) is 2.75. The zero-order chi connectivity index (χ0) is 11.9. The van der Waals surface area contributed by atoms with Crippen LogP contribution in [0.25, 0.3) is 0 Å². The van der Waals surface area contributed by atoms with Crippen LogP contribution in [0.15, 0.2) is 0 Å². The third kappa shape index (κ3) is 5.79. The molecule has 0 saturated carbocycles. The Morgan fingerprint density at radius 3 is 2.56 bits per heavy atom. The number of hydrogen-bond donors (Lipinski definition) is 1. The fourth-order valence-electron chi connectivity index (χ4n) is 1.70. The fourth-order valence-corrected chi connectivity index (χ4v) is 2.98. The summed E-state index contributed by atoms with van der Waals surface area (Å²) in [6, 6.07) is 0. The van der Waals surface area contributed by atoms with Gasteiger partial charge in [0.05, 0.1) is 18.1 Å². The van der Waals surface area contributed by atoms with Crippen LogP contribution in [0, 0.1) is 0 Å². The maximum absolute atomic E-state index is 11.2. The third-order valence-corrected chi connectivity index (χ3v) is 4.36. The molecule has 16 heavy (non-hydrogen) atoms. The van der Waals surface area contributed by atoms with Crippen LogP contribution < -0.4 is 5.32 Å². The van der Waals surface area contributed by atoms with Crippen LogP contribution in [0.1, 0.15) is 6.42 Å². The number of nitrogens with one attached hydrogen (secondary N) is 1. The summed E-state index contributed by atoms with van der Waals surface area (Å²) in [4.78, 5) is 2.22. The van der Waals surface area contributed by atoms with Crippen LogP contribution in [0.3, 0.4) is 0 Å². The SMILES string of the molecule is COCCNCCCN1CCS(=O)(=O)CC1. The van der Waals surface area contributed by atoms with Gasteiger partial charge in [-0.05, 0) is 19.5 Å². The predicted molar refractivity (Wildman–Crippen MR) is 64.5 cm³/mol. The number of methoxy groups -OCH3 is 1. The molecule has 1 fully saturated rings. The highest BCUT2D eigenvalue weighted by Gasteiger charge is 2.20. The van der Waals surface area contributed by atoms with E-state index in [-0.39, 0.29) is 0 Å². The zero-order valence-corrected chi connectivity index (χ0v) is 10.8. The Morgan fingerprint density at radius 1 is 1.25 bits per heavy atom. The van der Waals surface area contributed by atoms with Crippen molar-refractivity contribution in [3.63, 3.8) is 0 Å². The fraction of sp³-hybridized carbons (Fsp3) is 1.00. The monoisotopic (exact) mass is 250 g/mol. The summed E-state index contributed by atoms with van der Waals surface area (Å²) in [6.07, 6.45) is 1.06. The van der Waals surface area contributed by atoms with E-state index in [1.54, 1.807) is 7.11 Å². The second kappa shape index (κ2) is 7.21. The Balaban J connectivity index is 1.98. The molecule has 1 rings (SSSR count). The molecule has 0 bridgehead atoms. The van der Waals surface area contributed by atoms with Crippen molar-refractivity contribution in [2.45, 2.75) is 6.42 Å². The van der Waals surface area contributed by atoms with E-state index in [0.717, 1.165) is 32.7 Å². The molecule has 1 aliphatic heterocycles. The largest absolute Gasteiger partial charge is 0.383 e. The quantitative estimate of drug-likeness (QED) is 0.608. The molecule has 0 aromatic heterocycles. The average Bonchev–Trinajstić information content (AvgIpc) is 2.25. The maximum Gasteiger partial charge on any atom is 0.152 e. The second-order valence-corrected chi connectivity index (χ2v) is 6.39. The van der Waals surface area contributed by atoms with Crippen molar-refractivity contribution in [2.75, 3.05) is 57.9 Å². The number of nitrogens with zero attached hydrogens (tertiary/aromatic N) is 1. The molecule has 0 aromatic carbocycles. The van der Waals surface area contributed by atoms with Crippen LogP contribution in [-0.2, 0) is 14.6 Å². The van der Waals surface area contributed by atoms with Gasteiger partial charge in [0.15, 0.2) is 9.84 Å². The normalized spacial score (nSPS) is 21.1. The van der Waals surface area contributed by atoms with Gasteiger partial charge in [0.1, 0.15) is 0 Å². The van der Waals surface area contributed by atoms with Gasteiger partial charge >= 0.3 is 0 Å².